The lowest BCUT2D eigenvalue weighted by Crippen LogP contribution is -2.23. The van der Waals surface area contributed by atoms with E-state index in [0.29, 0.717) is 17.1 Å². The molecule has 4 heterocycles. The third-order valence-electron chi connectivity index (χ3n) is 7.14. The molecule has 5 N–H and O–H groups in total. The van der Waals surface area contributed by atoms with Gasteiger partial charge in [-0.1, -0.05) is 12.8 Å². The summed E-state index contributed by atoms with van der Waals surface area (Å²) in [6.07, 6.45) is 8.69. The summed E-state index contributed by atoms with van der Waals surface area (Å²) in [7, 11) is -2.43. The monoisotopic (exact) mass is 487 g/mol. The van der Waals surface area contributed by atoms with Gasteiger partial charge in [-0.3, -0.25) is 18.8 Å². The molecule has 2 aliphatic rings. The summed E-state index contributed by atoms with van der Waals surface area (Å²) < 4.78 is 20.0. The number of hydrogen-bond acceptors (Lipinski definition) is 5. The van der Waals surface area contributed by atoms with Crippen molar-refractivity contribution in [1.29, 1.82) is 0 Å². The number of aromatic nitrogens is 1. The van der Waals surface area contributed by atoms with E-state index in [1.54, 1.807) is 11.3 Å². The number of carbonyl (C=O) groups is 1. The number of primary amides is 1. The number of rotatable bonds is 5. The molecule has 0 saturated carbocycles. The predicted octanol–water partition coefficient (Wildman–Crippen LogP) is 6.00. The average molecular weight is 488 g/mol. The third kappa shape index (κ3) is 5.00. The summed E-state index contributed by atoms with van der Waals surface area (Å²) in [6.45, 7) is 3.33. The fraction of sp³-hybridized carbons (Fsp3) is 0.480. The van der Waals surface area contributed by atoms with E-state index in [9.17, 15) is 13.9 Å². The number of nitrogens with one attached hydrogen (secondary N) is 1. The van der Waals surface area contributed by atoms with Gasteiger partial charge in [0.05, 0.1) is 11.1 Å². The normalized spacial score (nSPS) is 21.2. The summed E-state index contributed by atoms with van der Waals surface area (Å²) in [5, 5.41) is 1.02. The fourth-order valence-corrected chi connectivity index (χ4v) is 7.85. The predicted molar refractivity (Wildman–Crippen MR) is 138 cm³/mol. The average Bonchev–Trinajstić information content (AvgIpc) is 3.34. The molecule has 33 heavy (non-hydrogen) atoms. The van der Waals surface area contributed by atoms with Crippen molar-refractivity contribution >= 4 is 38.7 Å². The highest BCUT2D eigenvalue weighted by molar-refractivity contribution is 8.24. The maximum Gasteiger partial charge on any atom is 0.250 e. The second kappa shape index (κ2) is 9.43. The molecule has 0 radical (unpaired) electrons. The second-order valence-corrected chi connectivity index (χ2v) is 13.1. The molecule has 1 aromatic carbocycles. The summed E-state index contributed by atoms with van der Waals surface area (Å²) in [4.78, 5) is 20.6. The molecule has 6 nitrogen and oxygen atoms in total. The van der Waals surface area contributed by atoms with Gasteiger partial charge in [0.1, 0.15) is 0 Å². The number of nitrogens with zero attached hydrogens (tertiary/aromatic N) is 1. The van der Waals surface area contributed by atoms with Crippen LogP contribution in [0.25, 0.3) is 21.3 Å². The maximum atomic E-state index is 12.3. The summed E-state index contributed by atoms with van der Waals surface area (Å²) in [6, 6.07) is 8.45. The standard InChI is InChI=1S/C25H33N3O3S2/c26-25(29)21-14-18(23-6-5-19(32-23)16-28-9-3-1-2-4-10-28)13-20-22(15-27-24(20)21)17-7-11-33(30,31)12-8-17/h5-6,13-15,17,27,30-31H,1-4,7-12,16H2,(H2,26,29). The zero-order valence-corrected chi connectivity index (χ0v) is 20.5. The number of aromatic amines is 1. The van der Waals surface area contributed by atoms with E-state index in [1.807, 2.05) is 12.3 Å². The number of amides is 1. The van der Waals surface area contributed by atoms with Crippen molar-refractivity contribution < 1.29 is 13.9 Å². The highest BCUT2D eigenvalue weighted by Crippen LogP contribution is 2.49. The van der Waals surface area contributed by atoms with Crippen molar-refractivity contribution in [2.75, 3.05) is 24.6 Å². The molecule has 0 bridgehead atoms. The smallest absolute Gasteiger partial charge is 0.250 e. The number of likely N-dealkylation sites (tertiary alicyclic amines) is 1. The highest BCUT2D eigenvalue weighted by atomic mass is 32.3. The number of fused-ring (bicyclic) bond motifs is 1. The van der Waals surface area contributed by atoms with E-state index in [2.05, 4.69) is 28.1 Å². The van der Waals surface area contributed by atoms with E-state index in [0.717, 1.165) is 46.3 Å². The molecule has 8 heteroatoms. The van der Waals surface area contributed by atoms with Crippen LogP contribution in [-0.2, 0) is 6.54 Å². The molecule has 2 aromatic heterocycles. The lowest BCUT2D eigenvalue weighted by atomic mass is 9.91. The van der Waals surface area contributed by atoms with Crippen molar-refractivity contribution in [2.24, 2.45) is 5.73 Å². The molecule has 0 atom stereocenters. The molecular weight excluding hydrogens is 454 g/mol. The van der Waals surface area contributed by atoms with Gasteiger partial charge in [0.25, 0.3) is 5.91 Å². The Balaban J connectivity index is 1.46. The Morgan fingerprint density at radius 1 is 1.12 bits per heavy atom. The van der Waals surface area contributed by atoms with Crippen LogP contribution in [0.15, 0.2) is 30.5 Å². The first kappa shape index (κ1) is 22.9. The van der Waals surface area contributed by atoms with Gasteiger partial charge in [-0.05, 0) is 80.1 Å². The number of carbonyl (C=O) groups excluding carboxylic acids is 1. The molecule has 0 aliphatic carbocycles. The molecule has 0 unspecified atom stereocenters. The molecule has 178 valence electrons. The van der Waals surface area contributed by atoms with Crippen LogP contribution < -0.4 is 5.73 Å². The Bertz CT molecular complexity index is 1140. The molecule has 2 fully saturated rings. The number of H-pyrrole nitrogens is 1. The topological polar surface area (TPSA) is 103 Å². The number of nitrogens with two attached hydrogens (primary N) is 1. The molecule has 2 saturated heterocycles. The van der Waals surface area contributed by atoms with Gasteiger partial charge in [0.2, 0.25) is 0 Å². The lowest BCUT2D eigenvalue weighted by Gasteiger charge is -2.39. The van der Waals surface area contributed by atoms with Gasteiger partial charge in [0.15, 0.2) is 0 Å². The van der Waals surface area contributed by atoms with Gasteiger partial charge < -0.3 is 10.7 Å². The van der Waals surface area contributed by atoms with Crippen LogP contribution in [0.2, 0.25) is 0 Å². The van der Waals surface area contributed by atoms with Crippen LogP contribution in [0.4, 0.5) is 0 Å². The Morgan fingerprint density at radius 3 is 2.55 bits per heavy atom. The van der Waals surface area contributed by atoms with Gasteiger partial charge >= 0.3 is 0 Å². The Hall–Kier alpha value is -1.84. The first-order chi connectivity index (χ1) is 15.9. The largest absolute Gasteiger partial charge is 0.366 e. The van der Waals surface area contributed by atoms with E-state index >= 15 is 0 Å². The lowest BCUT2D eigenvalue weighted by molar-refractivity contribution is 0.100. The quantitative estimate of drug-likeness (QED) is 0.354. The van der Waals surface area contributed by atoms with Gasteiger partial charge in [-0.15, -0.1) is 11.3 Å². The van der Waals surface area contributed by atoms with Crippen LogP contribution in [0.3, 0.4) is 0 Å². The maximum absolute atomic E-state index is 12.3. The molecule has 0 spiro atoms. The number of benzene rings is 1. The van der Waals surface area contributed by atoms with E-state index < -0.39 is 16.5 Å². The van der Waals surface area contributed by atoms with E-state index in [1.165, 1.54) is 43.6 Å². The minimum absolute atomic E-state index is 0.247. The van der Waals surface area contributed by atoms with Gasteiger partial charge in [-0.25, -0.2) is 0 Å². The molecule has 2 aliphatic heterocycles. The second-order valence-electron chi connectivity index (χ2n) is 9.50. The van der Waals surface area contributed by atoms with Crippen molar-refractivity contribution in [3.63, 3.8) is 0 Å². The Morgan fingerprint density at radius 2 is 1.85 bits per heavy atom. The molecule has 3 aromatic rings. The first-order valence-electron chi connectivity index (χ1n) is 11.9. The minimum atomic E-state index is -2.43. The molecular formula is C25H33N3O3S2. The zero-order chi connectivity index (χ0) is 23.0. The third-order valence-corrected chi connectivity index (χ3v) is 10.0. The minimum Gasteiger partial charge on any atom is -0.366 e. The number of thiophene rings is 1. The first-order valence-corrected chi connectivity index (χ1v) is 14.6. The Labute approximate surface area is 200 Å². The van der Waals surface area contributed by atoms with Crippen LogP contribution in [0, 0.1) is 0 Å². The van der Waals surface area contributed by atoms with Crippen molar-refractivity contribution in [3.8, 4) is 10.4 Å². The molecule has 1 amide bonds. The SMILES string of the molecule is NC(=O)c1cc(-c2ccc(CN3CCCCCC3)s2)cc2c(C3CCS(O)(O)CC3)c[nH]c12. The van der Waals surface area contributed by atoms with Crippen LogP contribution in [0.5, 0.6) is 0 Å². The zero-order valence-electron chi connectivity index (χ0n) is 18.9. The summed E-state index contributed by atoms with van der Waals surface area (Å²) in [5.74, 6) is 0.695. The van der Waals surface area contributed by atoms with Crippen LogP contribution in [-0.4, -0.2) is 49.5 Å². The Kier molecular flexibility index (Phi) is 6.55. The fourth-order valence-electron chi connectivity index (χ4n) is 5.28. The van der Waals surface area contributed by atoms with Crippen LogP contribution >= 0.6 is 21.9 Å². The summed E-state index contributed by atoms with van der Waals surface area (Å²) in [5.41, 5.74) is 9.22. The van der Waals surface area contributed by atoms with Gasteiger partial charge in [-0.2, -0.15) is 10.6 Å². The molecule has 5 rings (SSSR count). The van der Waals surface area contributed by atoms with Gasteiger partial charge in [0, 0.05) is 39.4 Å². The summed E-state index contributed by atoms with van der Waals surface area (Å²) >= 11 is 1.79. The highest BCUT2D eigenvalue weighted by Gasteiger charge is 2.27. The van der Waals surface area contributed by atoms with E-state index in [4.69, 9.17) is 5.73 Å². The van der Waals surface area contributed by atoms with Crippen molar-refractivity contribution in [2.45, 2.75) is 51.0 Å². The number of hydrogen-bond donors (Lipinski definition) is 4. The van der Waals surface area contributed by atoms with Crippen molar-refractivity contribution in [1.82, 2.24) is 9.88 Å². The van der Waals surface area contributed by atoms with Crippen LogP contribution in [0.1, 0.15) is 65.2 Å². The van der Waals surface area contributed by atoms with Crippen molar-refractivity contribution in [3.05, 3.63) is 46.5 Å². The van der Waals surface area contributed by atoms with E-state index in [-0.39, 0.29) is 5.92 Å².